The third kappa shape index (κ3) is 10.8. The summed E-state index contributed by atoms with van der Waals surface area (Å²) in [6.07, 6.45) is 2.68. The molecule has 0 aliphatic rings. The van der Waals surface area contributed by atoms with E-state index in [1.807, 2.05) is 6.92 Å². The first kappa shape index (κ1) is 21.6. The molecule has 1 aromatic rings. The molecule has 0 atom stereocenters. The monoisotopic (exact) mass is 363 g/mol. The van der Waals surface area contributed by atoms with Gasteiger partial charge in [0.2, 0.25) is 10.0 Å². The highest BCUT2D eigenvalue weighted by atomic mass is 35.5. The molecule has 130 valence electrons. The standard InChI is InChI=1S/C13H19NO4S.C2H3ClO/c1-11-6-8-12(9-7-11)19(17,18)14-10-4-2-3-5-13(15)16;3-1-2-4/h6-9,14H,2-5,10H2,1H3,(H,15,16);2H,1H2. The molecular formula is C15H22ClNO5S. The number of hydrogen-bond donors (Lipinski definition) is 2. The molecule has 0 bridgehead atoms. The van der Waals surface area contributed by atoms with E-state index in [-0.39, 0.29) is 17.2 Å². The Morgan fingerprint density at radius 3 is 2.26 bits per heavy atom. The number of hydrogen-bond acceptors (Lipinski definition) is 4. The number of carboxylic acids is 1. The molecule has 0 amide bonds. The average molecular weight is 364 g/mol. The van der Waals surface area contributed by atoms with Crippen molar-refractivity contribution >= 4 is 33.9 Å². The highest BCUT2D eigenvalue weighted by molar-refractivity contribution is 7.89. The Balaban J connectivity index is 0.00000108. The Hall–Kier alpha value is -1.44. The predicted octanol–water partition coefficient (Wildman–Crippen LogP) is 2.34. The fourth-order valence-electron chi connectivity index (χ4n) is 1.59. The van der Waals surface area contributed by atoms with Crippen LogP contribution >= 0.6 is 11.6 Å². The SMILES string of the molecule is Cc1ccc(S(=O)(=O)NCCCCCC(=O)O)cc1.O=CCCl. The van der Waals surface area contributed by atoms with Crippen molar-refractivity contribution in [2.75, 3.05) is 12.4 Å². The average Bonchev–Trinajstić information content (AvgIpc) is 2.51. The minimum Gasteiger partial charge on any atom is -0.481 e. The van der Waals surface area contributed by atoms with Crippen LogP contribution in [0.4, 0.5) is 0 Å². The van der Waals surface area contributed by atoms with Gasteiger partial charge in [-0.15, -0.1) is 11.6 Å². The third-order valence-electron chi connectivity index (χ3n) is 2.75. The molecule has 1 rings (SSSR count). The molecule has 0 saturated heterocycles. The first-order valence-corrected chi connectivity index (χ1v) is 9.13. The first-order valence-electron chi connectivity index (χ1n) is 7.11. The van der Waals surface area contributed by atoms with E-state index in [4.69, 9.17) is 21.5 Å². The maximum atomic E-state index is 11.9. The molecule has 0 heterocycles. The summed E-state index contributed by atoms with van der Waals surface area (Å²) in [4.78, 5) is 19.6. The molecular weight excluding hydrogens is 342 g/mol. The molecule has 23 heavy (non-hydrogen) atoms. The number of aldehydes is 1. The van der Waals surface area contributed by atoms with Gasteiger partial charge in [-0.2, -0.15) is 0 Å². The smallest absolute Gasteiger partial charge is 0.303 e. The van der Waals surface area contributed by atoms with Gasteiger partial charge in [-0.3, -0.25) is 4.79 Å². The number of benzene rings is 1. The van der Waals surface area contributed by atoms with E-state index in [1.165, 1.54) is 0 Å². The molecule has 0 spiro atoms. The molecule has 2 N–H and O–H groups in total. The number of nitrogens with one attached hydrogen (secondary N) is 1. The number of carboxylic acid groups (broad SMARTS) is 1. The summed E-state index contributed by atoms with van der Waals surface area (Å²) >= 11 is 4.82. The van der Waals surface area contributed by atoms with Crippen molar-refractivity contribution in [3.8, 4) is 0 Å². The number of sulfonamides is 1. The van der Waals surface area contributed by atoms with E-state index in [0.29, 0.717) is 32.1 Å². The van der Waals surface area contributed by atoms with E-state index >= 15 is 0 Å². The van der Waals surface area contributed by atoms with Crippen LogP contribution in [-0.4, -0.2) is 38.2 Å². The van der Waals surface area contributed by atoms with Gasteiger partial charge in [-0.05, 0) is 31.9 Å². The number of halogens is 1. The van der Waals surface area contributed by atoms with Crippen LogP contribution in [0, 0.1) is 6.92 Å². The molecule has 0 radical (unpaired) electrons. The second-order valence-corrected chi connectivity index (χ2v) is 6.81. The zero-order chi connectivity index (χ0) is 17.7. The minimum absolute atomic E-state index is 0.111. The highest BCUT2D eigenvalue weighted by Gasteiger charge is 2.12. The lowest BCUT2D eigenvalue weighted by molar-refractivity contribution is -0.137. The molecule has 0 aliphatic heterocycles. The summed E-state index contributed by atoms with van der Waals surface area (Å²) in [5, 5.41) is 8.46. The van der Waals surface area contributed by atoms with Gasteiger partial charge >= 0.3 is 5.97 Å². The maximum absolute atomic E-state index is 11.9. The van der Waals surface area contributed by atoms with Crippen molar-refractivity contribution in [2.24, 2.45) is 0 Å². The lowest BCUT2D eigenvalue weighted by Gasteiger charge is -2.06. The Morgan fingerprint density at radius 1 is 1.22 bits per heavy atom. The van der Waals surface area contributed by atoms with Crippen LogP contribution in [0.2, 0.25) is 0 Å². The van der Waals surface area contributed by atoms with Gasteiger partial charge < -0.3 is 9.90 Å². The number of carbonyl (C=O) groups is 2. The highest BCUT2D eigenvalue weighted by Crippen LogP contribution is 2.10. The van der Waals surface area contributed by atoms with E-state index in [2.05, 4.69) is 4.72 Å². The van der Waals surface area contributed by atoms with Crippen molar-refractivity contribution in [1.82, 2.24) is 4.72 Å². The van der Waals surface area contributed by atoms with Gasteiger partial charge in [0, 0.05) is 13.0 Å². The van der Waals surface area contributed by atoms with Crippen molar-refractivity contribution in [2.45, 2.75) is 37.5 Å². The summed E-state index contributed by atoms with van der Waals surface area (Å²) in [5.41, 5.74) is 1.01. The van der Waals surface area contributed by atoms with Crippen LogP contribution in [0.1, 0.15) is 31.2 Å². The van der Waals surface area contributed by atoms with Crippen molar-refractivity contribution in [3.05, 3.63) is 29.8 Å². The number of aliphatic carboxylic acids is 1. The van der Waals surface area contributed by atoms with Crippen LogP contribution in [0.3, 0.4) is 0 Å². The number of carbonyl (C=O) groups excluding carboxylic acids is 1. The van der Waals surface area contributed by atoms with E-state index in [9.17, 15) is 13.2 Å². The zero-order valence-electron chi connectivity index (χ0n) is 13.0. The zero-order valence-corrected chi connectivity index (χ0v) is 14.6. The van der Waals surface area contributed by atoms with Crippen LogP contribution in [-0.2, 0) is 19.6 Å². The summed E-state index contributed by atoms with van der Waals surface area (Å²) in [6, 6.07) is 6.65. The molecule has 8 heteroatoms. The van der Waals surface area contributed by atoms with E-state index < -0.39 is 16.0 Å². The fourth-order valence-corrected chi connectivity index (χ4v) is 2.66. The number of unbranched alkanes of at least 4 members (excludes halogenated alkanes) is 2. The van der Waals surface area contributed by atoms with Crippen molar-refractivity contribution < 1.29 is 23.1 Å². The Labute approximate surface area is 141 Å². The molecule has 6 nitrogen and oxygen atoms in total. The van der Waals surface area contributed by atoms with E-state index in [1.54, 1.807) is 24.3 Å². The summed E-state index contributed by atoms with van der Waals surface area (Å²) in [7, 11) is -3.45. The maximum Gasteiger partial charge on any atom is 0.303 e. The van der Waals surface area contributed by atoms with Crippen LogP contribution < -0.4 is 4.72 Å². The van der Waals surface area contributed by atoms with E-state index in [0.717, 1.165) is 5.56 Å². The summed E-state index contributed by atoms with van der Waals surface area (Å²) in [6.45, 7) is 2.22. The molecule has 0 aliphatic carbocycles. The minimum atomic E-state index is -3.45. The van der Waals surface area contributed by atoms with Gasteiger partial charge in [0.15, 0.2) is 0 Å². The van der Waals surface area contributed by atoms with Gasteiger partial charge in [0.05, 0.1) is 10.8 Å². The Morgan fingerprint density at radius 2 is 1.78 bits per heavy atom. The largest absolute Gasteiger partial charge is 0.481 e. The van der Waals surface area contributed by atoms with Gasteiger partial charge in [-0.1, -0.05) is 24.1 Å². The summed E-state index contributed by atoms with van der Waals surface area (Å²) < 4.78 is 26.3. The first-order chi connectivity index (χ1) is 10.8. The molecule has 0 fully saturated rings. The fraction of sp³-hybridized carbons (Fsp3) is 0.467. The normalized spacial score (nSPS) is 10.5. The van der Waals surface area contributed by atoms with Crippen LogP contribution in [0.5, 0.6) is 0 Å². The van der Waals surface area contributed by atoms with Crippen LogP contribution in [0.15, 0.2) is 29.2 Å². The molecule has 0 unspecified atom stereocenters. The van der Waals surface area contributed by atoms with Gasteiger partial charge in [0.1, 0.15) is 6.29 Å². The lowest BCUT2D eigenvalue weighted by atomic mass is 10.2. The van der Waals surface area contributed by atoms with Crippen molar-refractivity contribution in [1.29, 1.82) is 0 Å². The quantitative estimate of drug-likeness (QED) is 0.398. The number of alkyl halides is 1. The summed E-state index contributed by atoms with van der Waals surface area (Å²) in [5.74, 6) is -0.708. The number of rotatable bonds is 9. The van der Waals surface area contributed by atoms with Gasteiger partial charge in [0.25, 0.3) is 0 Å². The predicted molar refractivity (Wildman–Crippen MR) is 89.3 cm³/mol. The third-order valence-corrected chi connectivity index (χ3v) is 4.36. The Bertz CT molecular complexity index is 572. The molecule has 1 aromatic carbocycles. The van der Waals surface area contributed by atoms with Crippen molar-refractivity contribution in [3.63, 3.8) is 0 Å². The lowest BCUT2D eigenvalue weighted by Crippen LogP contribution is -2.24. The Kier molecular flexibility index (Phi) is 11.3. The second kappa shape index (κ2) is 12.0. The van der Waals surface area contributed by atoms with Gasteiger partial charge in [-0.25, -0.2) is 13.1 Å². The van der Waals surface area contributed by atoms with Crippen LogP contribution in [0.25, 0.3) is 0 Å². The molecule has 0 saturated carbocycles. The second-order valence-electron chi connectivity index (χ2n) is 4.74. The number of aryl methyl sites for hydroxylation is 1. The topological polar surface area (TPSA) is 101 Å². The molecule has 0 aromatic heterocycles.